The van der Waals surface area contributed by atoms with Crippen LogP contribution in [0.1, 0.15) is 11.8 Å². The van der Waals surface area contributed by atoms with Gasteiger partial charge in [0, 0.05) is 4.88 Å². The van der Waals surface area contributed by atoms with Gasteiger partial charge in [0.2, 0.25) is 0 Å². The van der Waals surface area contributed by atoms with Gasteiger partial charge in [0.15, 0.2) is 0 Å². The molecule has 0 radical (unpaired) electrons. The fraction of sp³-hybridized carbons (Fsp3) is 0.333. The molecule has 0 aromatic carbocycles. The first kappa shape index (κ1) is 9.97. The smallest absolute Gasteiger partial charge is 0.444 e. The molecule has 0 aliphatic carbocycles. The molecule has 6 heteroatoms. The molecule has 0 unspecified atom stereocenters. The molecule has 0 atom stereocenters. The average Bonchev–Trinajstić information content (AvgIpc) is 2.82. The van der Waals surface area contributed by atoms with Gasteiger partial charge in [0.25, 0.3) is 0 Å². The average molecular weight is 226 g/mol. The van der Waals surface area contributed by atoms with E-state index in [9.17, 15) is 4.79 Å². The van der Waals surface area contributed by atoms with Crippen LogP contribution in [0.15, 0.2) is 20.7 Å². The van der Waals surface area contributed by atoms with E-state index in [1.54, 1.807) is 11.3 Å². The Labute approximate surface area is 89.9 Å². The van der Waals surface area contributed by atoms with E-state index in [0.29, 0.717) is 0 Å². The number of aryl methyl sites for hydroxylation is 1. The van der Waals surface area contributed by atoms with Crippen molar-refractivity contribution < 1.29 is 9.15 Å². The van der Waals surface area contributed by atoms with Gasteiger partial charge in [-0.1, -0.05) is 12.0 Å². The number of thiophene rings is 1. The monoisotopic (exact) mass is 226 g/mol. The third-order valence-electron chi connectivity index (χ3n) is 1.98. The fourth-order valence-electron chi connectivity index (χ4n) is 1.28. The highest BCUT2D eigenvalue weighted by atomic mass is 32.1. The number of hydrogen-bond acceptors (Lipinski definition) is 5. The van der Waals surface area contributed by atoms with Gasteiger partial charge in [-0.3, -0.25) is 0 Å². The molecule has 0 amide bonds. The molecule has 0 spiro atoms. The molecule has 0 aliphatic heterocycles. The van der Waals surface area contributed by atoms with E-state index >= 15 is 0 Å². The number of nitrogens with zero attached hydrogens (tertiary/aromatic N) is 2. The third kappa shape index (κ3) is 1.68. The number of rotatable bonds is 3. The van der Waals surface area contributed by atoms with E-state index in [-0.39, 0.29) is 6.08 Å². The number of aromatic nitrogens is 2. The molecule has 0 aliphatic rings. The van der Waals surface area contributed by atoms with Crippen LogP contribution in [-0.4, -0.2) is 16.9 Å². The van der Waals surface area contributed by atoms with Crippen molar-refractivity contribution in [1.82, 2.24) is 9.78 Å². The number of hydrogen-bond donors (Lipinski definition) is 0. The molecule has 2 rings (SSSR count). The molecule has 0 N–H and O–H groups in total. The second-order valence-electron chi connectivity index (χ2n) is 2.83. The van der Waals surface area contributed by atoms with Crippen molar-refractivity contribution in [2.75, 3.05) is 7.11 Å². The van der Waals surface area contributed by atoms with E-state index in [4.69, 9.17) is 9.15 Å². The lowest BCUT2D eigenvalue weighted by molar-refractivity contribution is 0.282. The van der Waals surface area contributed by atoms with Crippen molar-refractivity contribution in [3.8, 4) is 11.8 Å². The molecule has 15 heavy (non-hydrogen) atoms. The van der Waals surface area contributed by atoms with Crippen molar-refractivity contribution in [1.29, 1.82) is 0 Å². The maximum atomic E-state index is 11.4. The van der Waals surface area contributed by atoms with Crippen LogP contribution in [0, 0.1) is 0 Å². The van der Waals surface area contributed by atoms with Gasteiger partial charge in [-0.2, -0.15) is 4.68 Å². The minimum Gasteiger partial charge on any atom is -0.452 e. The zero-order valence-corrected chi connectivity index (χ0v) is 9.21. The zero-order chi connectivity index (χ0) is 10.8. The lowest BCUT2D eigenvalue weighted by atomic mass is 10.3. The van der Waals surface area contributed by atoms with Crippen LogP contribution in [0.5, 0.6) is 6.08 Å². The van der Waals surface area contributed by atoms with Gasteiger partial charge in [0.05, 0.1) is 12.8 Å². The largest absolute Gasteiger partial charge is 0.452 e. The standard InChI is InChI=1S/C9H10N2O3S/c1-3-7-6(4-5-15-7)11-9(12)14-8(10-11)13-2/h4-5H,3H2,1-2H3. The van der Waals surface area contributed by atoms with Crippen LogP contribution in [0.3, 0.4) is 0 Å². The summed E-state index contributed by atoms with van der Waals surface area (Å²) in [6.45, 7) is 2.03. The molecule has 0 saturated carbocycles. The number of methoxy groups -OCH3 is 1. The van der Waals surface area contributed by atoms with E-state index in [0.717, 1.165) is 17.0 Å². The topological polar surface area (TPSA) is 57.3 Å². The molecule has 5 nitrogen and oxygen atoms in total. The second kappa shape index (κ2) is 3.90. The first-order valence-corrected chi connectivity index (χ1v) is 5.35. The molecule has 2 aromatic rings. The molecule has 2 heterocycles. The van der Waals surface area contributed by atoms with Gasteiger partial charge < -0.3 is 9.15 Å². The first-order valence-electron chi connectivity index (χ1n) is 4.47. The highest BCUT2D eigenvalue weighted by molar-refractivity contribution is 7.10. The van der Waals surface area contributed by atoms with Crippen LogP contribution < -0.4 is 10.5 Å². The zero-order valence-electron chi connectivity index (χ0n) is 8.39. The maximum Gasteiger partial charge on any atom is 0.444 e. The van der Waals surface area contributed by atoms with E-state index in [1.165, 1.54) is 11.8 Å². The van der Waals surface area contributed by atoms with Crippen LogP contribution in [-0.2, 0) is 6.42 Å². The van der Waals surface area contributed by atoms with Crippen molar-refractivity contribution in [3.63, 3.8) is 0 Å². The van der Waals surface area contributed by atoms with Crippen LogP contribution >= 0.6 is 11.3 Å². The van der Waals surface area contributed by atoms with Crippen LogP contribution in [0.4, 0.5) is 0 Å². The summed E-state index contributed by atoms with van der Waals surface area (Å²) < 4.78 is 10.7. The summed E-state index contributed by atoms with van der Waals surface area (Å²) in [4.78, 5) is 12.5. The molecule has 2 aromatic heterocycles. The summed E-state index contributed by atoms with van der Waals surface area (Å²) in [5, 5.41) is 5.82. The predicted molar refractivity (Wildman–Crippen MR) is 55.9 cm³/mol. The summed E-state index contributed by atoms with van der Waals surface area (Å²) in [5.74, 6) is -0.528. The molecular formula is C9H10N2O3S. The van der Waals surface area contributed by atoms with E-state index in [2.05, 4.69) is 5.10 Å². The Morgan fingerprint density at radius 3 is 3.07 bits per heavy atom. The summed E-state index contributed by atoms with van der Waals surface area (Å²) in [6.07, 6.45) is 0.836. The van der Waals surface area contributed by atoms with Crippen molar-refractivity contribution >= 4 is 11.3 Å². The Kier molecular flexibility index (Phi) is 2.59. The van der Waals surface area contributed by atoms with Gasteiger partial charge in [-0.25, -0.2) is 4.79 Å². The molecule has 80 valence electrons. The predicted octanol–water partition coefficient (Wildman–Crippen LogP) is 1.46. The Morgan fingerprint density at radius 2 is 2.47 bits per heavy atom. The quantitative estimate of drug-likeness (QED) is 0.795. The van der Waals surface area contributed by atoms with Gasteiger partial charge in [-0.15, -0.1) is 11.3 Å². The molecule has 0 fully saturated rings. The van der Waals surface area contributed by atoms with E-state index < -0.39 is 5.76 Å². The van der Waals surface area contributed by atoms with Crippen LogP contribution in [0.25, 0.3) is 5.69 Å². The van der Waals surface area contributed by atoms with E-state index in [1.807, 2.05) is 18.4 Å². The fourth-order valence-corrected chi connectivity index (χ4v) is 2.09. The molecule has 0 bridgehead atoms. The Balaban J connectivity index is 2.53. The Bertz CT molecular complexity index is 511. The highest BCUT2D eigenvalue weighted by Gasteiger charge is 2.13. The van der Waals surface area contributed by atoms with Crippen molar-refractivity contribution in [2.24, 2.45) is 0 Å². The van der Waals surface area contributed by atoms with Crippen LogP contribution in [0.2, 0.25) is 0 Å². The van der Waals surface area contributed by atoms with Gasteiger partial charge >= 0.3 is 11.8 Å². The maximum absolute atomic E-state index is 11.4. The summed E-state index contributed by atoms with van der Waals surface area (Å²) in [7, 11) is 1.41. The van der Waals surface area contributed by atoms with Crippen molar-refractivity contribution in [2.45, 2.75) is 13.3 Å². The summed E-state index contributed by atoms with van der Waals surface area (Å²) >= 11 is 1.59. The lowest BCUT2D eigenvalue weighted by Crippen LogP contribution is -2.13. The molecular weight excluding hydrogens is 216 g/mol. The minimum atomic E-state index is -0.528. The minimum absolute atomic E-state index is 0.0201. The third-order valence-corrected chi connectivity index (χ3v) is 3.03. The molecule has 0 saturated heterocycles. The first-order chi connectivity index (χ1) is 7.26. The normalized spacial score (nSPS) is 10.5. The number of ether oxygens (including phenoxy) is 1. The van der Waals surface area contributed by atoms with Gasteiger partial charge in [0.1, 0.15) is 0 Å². The second-order valence-corrected chi connectivity index (χ2v) is 3.83. The SMILES string of the molecule is CCc1sccc1-n1nc(OC)oc1=O. The summed E-state index contributed by atoms with van der Waals surface area (Å²) in [5.41, 5.74) is 0.763. The summed E-state index contributed by atoms with van der Waals surface area (Å²) in [6, 6.07) is 1.84. The highest BCUT2D eigenvalue weighted by Crippen LogP contribution is 2.20. The lowest BCUT2D eigenvalue weighted by Gasteiger charge is -1.96. The van der Waals surface area contributed by atoms with Gasteiger partial charge in [-0.05, 0) is 17.9 Å². The Morgan fingerprint density at radius 1 is 1.67 bits per heavy atom. The Hall–Kier alpha value is -1.56. The van der Waals surface area contributed by atoms with Crippen molar-refractivity contribution in [3.05, 3.63) is 26.9 Å².